The zero-order valence-corrected chi connectivity index (χ0v) is 9.81. The molecule has 0 aromatic heterocycles. The highest BCUT2D eigenvalue weighted by molar-refractivity contribution is 5.70. The van der Waals surface area contributed by atoms with Gasteiger partial charge in [0.2, 0.25) is 0 Å². The van der Waals surface area contributed by atoms with Crippen LogP contribution < -0.4 is 0 Å². The first kappa shape index (κ1) is 14.9. The number of rotatable bonds is 4. The molecule has 0 saturated heterocycles. The lowest BCUT2D eigenvalue weighted by Gasteiger charge is -2.19. The molecule has 1 unspecified atom stereocenters. The van der Waals surface area contributed by atoms with Crippen LogP contribution >= 0.6 is 0 Å². The van der Waals surface area contributed by atoms with E-state index in [4.69, 9.17) is 0 Å². The van der Waals surface area contributed by atoms with Gasteiger partial charge in [0.05, 0.1) is 24.4 Å². The summed E-state index contributed by atoms with van der Waals surface area (Å²) in [6.07, 6.45) is -5.50. The third-order valence-electron chi connectivity index (χ3n) is 2.50. The highest BCUT2D eigenvalue weighted by Crippen LogP contribution is 2.38. The van der Waals surface area contributed by atoms with Gasteiger partial charge in [0, 0.05) is 12.1 Å². The molecule has 0 amide bonds. The van der Waals surface area contributed by atoms with Gasteiger partial charge >= 0.3 is 12.1 Å². The molecule has 0 saturated carbocycles. The Morgan fingerprint density at radius 1 is 1.37 bits per heavy atom. The number of benzene rings is 1. The summed E-state index contributed by atoms with van der Waals surface area (Å²) in [5, 5.41) is 10.4. The molecule has 19 heavy (non-hydrogen) atoms. The average molecular weight is 277 g/mol. The van der Waals surface area contributed by atoms with E-state index in [0.717, 1.165) is 31.4 Å². The van der Waals surface area contributed by atoms with Gasteiger partial charge in [-0.15, -0.1) is 0 Å². The van der Waals surface area contributed by atoms with E-state index in [0.29, 0.717) is 0 Å². The highest BCUT2D eigenvalue weighted by atomic mass is 19.4. The van der Waals surface area contributed by atoms with E-state index in [1.807, 2.05) is 0 Å². The van der Waals surface area contributed by atoms with Crippen LogP contribution in [-0.4, -0.2) is 24.2 Å². The van der Waals surface area contributed by atoms with Crippen LogP contribution in [0.5, 0.6) is 0 Å². The van der Waals surface area contributed by atoms with Gasteiger partial charge in [-0.2, -0.15) is 13.2 Å². The number of carbonyl (C=O) groups is 1. The van der Waals surface area contributed by atoms with Crippen LogP contribution in [-0.2, 0) is 9.53 Å². The van der Waals surface area contributed by atoms with Gasteiger partial charge in [-0.25, -0.2) is 0 Å². The lowest BCUT2D eigenvalue weighted by Crippen LogP contribution is -2.24. The Hall–Kier alpha value is -2.12. The number of non-ortho nitro benzene ring substituents is 1. The van der Waals surface area contributed by atoms with E-state index in [2.05, 4.69) is 4.74 Å². The average Bonchev–Trinajstić information content (AvgIpc) is 2.34. The SMILES string of the molecule is COC(=O)CC(c1ccc([N+](=O)[O-])cc1)C(F)(F)F. The molecule has 1 atom stereocenters. The molecule has 0 aliphatic carbocycles. The van der Waals surface area contributed by atoms with E-state index < -0.39 is 29.4 Å². The molecule has 0 spiro atoms. The molecule has 0 heterocycles. The van der Waals surface area contributed by atoms with E-state index >= 15 is 0 Å². The monoisotopic (exact) mass is 277 g/mol. The molecule has 0 radical (unpaired) electrons. The standard InChI is InChI=1S/C11H10F3NO4/c1-19-10(16)6-9(11(12,13)14)7-2-4-8(5-3-7)15(17)18/h2-5,9H,6H2,1H3. The minimum atomic E-state index is -4.63. The minimum absolute atomic E-state index is 0.219. The first-order valence-electron chi connectivity index (χ1n) is 5.13. The molecule has 1 rings (SSSR count). The molecule has 0 aliphatic heterocycles. The smallest absolute Gasteiger partial charge is 0.396 e. The van der Waals surface area contributed by atoms with Crippen molar-refractivity contribution in [3.63, 3.8) is 0 Å². The number of nitro benzene ring substituents is 1. The lowest BCUT2D eigenvalue weighted by atomic mass is 9.95. The fourth-order valence-electron chi connectivity index (χ4n) is 1.50. The molecule has 0 N–H and O–H groups in total. The van der Waals surface area contributed by atoms with Crippen molar-refractivity contribution in [3.8, 4) is 0 Å². The number of alkyl halides is 3. The van der Waals surface area contributed by atoms with Crippen molar-refractivity contribution in [1.82, 2.24) is 0 Å². The topological polar surface area (TPSA) is 69.4 Å². The predicted octanol–water partition coefficient (Wildman–Crippen LogP) is 2.80. The second-order valence-corrected chi connectivity index (χ2v) is 3.72. The Balaban J connectivity index is 3.04. The van der Waals surface area contributed by atoms with Crippen molar-refractivity contribution in [3.05, 3.63) is 39.9 Å². The summed E-state index contributed by atoms with van der Waals surface area (Å²) in [7, 11) is 0.992. The number of carbonyl (C=O) groups excluding carboxylic acids is 1. The van der Waals surface area contributed by atoms with E-state index in [1.54, 1.807) is 0 Å². The third-order valence-corrected chi connectivity index (χ3v) is 2.50. The van der Waals surface area contributed by atoms with Crippen molar-refractivity contribution < 1.29 is 27.6 Å². The summed E-state index contributed by atoms with van der Waals surface area (Å²) in [5.74, 6) is -3.04. The normalized spacial score (nSPS) is 12.8. The Bertz CT molecular complexity index is 470. The van der Waals surface area contributed by atoms with Gasteiger partial charge in [0.15, 0.2) is 0 Å². The molecule has 0 bridgehead atoms. The number of hydrogen-bond donors (Lipinski definition) is 0. The summed E-state index contributed by atoms with van der Waals surface area (Å²) < 4.78 is 42.7. The second-order valence-electron chi connectivity index (χ2n) is 3.72. The zero-order valence-electron chi connectivity index (χ0n) is 9.81. The van der Waals surface area contributed by atoms with Crippen molar-refractivity contribution in [2.75, 3.05) is 7.11 Å². The first-order chi connectivity index (χ1) is 8.75. The number of esters is 1. The van der Waals surface area contributed by atoms with Crippen LogP contribution in [0.1, 0.15) is 17.9 Å². The Kier molecular flexibility index (Phi) is 4.47. The quantitative estimate of drug-likeness (QED) is 0.482. The number of ether oxygens (including phenoxy) is 1. The summed E-state index contributed by atoms with van der Waals surface area (Å²) >= 11 is 0. The number of nitrogens with zero attached hydrogens (tertiary/aromatic N) is 1. The number of halogens is 3. The molecular weight excluding hydrogens is 267 g/mol. The van der Waals surface area contributed by atoms with Gasteiger partial charge < -0.3 is 4.74 Å². The Morgan fingerprint density at radius 3 is 2.26 bits per heavy atom. The molecule has 1 aromatic rings. The number of hydrogen-bond acceptors (Lipinski definition) is 4. The summed E-state index contributed by atoms with van der Waals surface area (Å²) in [4.78, 5) is 20.7. The van der Waals surface area contributed by atoms with Crippen LogP contribution in [0.2, 0.25) is 0 Å². The largest absolute Gasteiger partial charge is 0.469 e. The van der Waals surface area contributed by atoms with Gasteiger partial charge in [-0.05, 0) is 5.56 Å². The van der Waals surface area contributed by atoms with Gasteiger partial charge in [0.1, 0.15) is 0 Å². The number of nitro groups is 1. The van der Waals surface area contributed by atoms with Crippen LogP contribution in [0, 0.1) is 10.1 Å². The summed E-state index contributed by atoms with van der Waals surface area (Å²) in [5.41, 5.74) is -0.536. The molecule has 8 heteroatoms. The maximum Gasteiger partial charge on any atom is 0.396 e. The maximum absolute atomic E-state index is 12.8. The van der Waals surface area contributed by atoms with Crippen LogP contribution in [0.25, 0.3) is 0 Å². The van der Waals surface area contributed by atoms with Gasteiger partial charge in [-0.3, -0.25) is 14.9 Å². The third kappa shape index (κ3) is 3.94. The fourth-order valence-corrected chi connectivity index (χ4v) is 1.50. The van der Waals surface area contributed by atoms with Crippen molar-refractivity contribution >= 4 is 11.7 Å². The van der Waals surface area contributed by atoms with E-state index in [-0.39, 0.29) is 11.3 Å². The van der Waals surface area contributed by atoms with Gasteiger partial charge in [-0.1, -0.05) is 12.1 Å². The summed E-state index contributed by atoms with van der Waals surface area (Å²) in [6.45, 7) is 0. The molecule has 0 fully saturated rings. The van der Waals surface area contributed by atoms with Crippen LogP contribution in [0.3, 0.4) is 0 Å². The Labute approximate surface area is 106 Å². The molecule has 104 valence electrons. The van der Waals surface area contributed by atoms with E-state index in [9.17, 15) is 28.1 Å². The Morgan fingerprint density at radius 2 is 1.89 bits per heavy atom. The molecular formula is C11H10F3NO4. The summed E-state index contributed by atoms with van der Waals surface area (Å²) in [6, 6.07) is 3.90. The fraction of sp³-hybridized carbons (Fsp3) is 0.364. The van der Waals surface area contributed by atoms with Gasteiger partial charge in [0.25, 0.3) is 5.69 Å². The lowest BCUT2D eigenvalue weighted by molar-refractivity contribution is -0.384. The van der Waals surface area contributed by atoms with Crippen molar-refractivity contribution in [2.24, 2.45) is 0 Å². The first-order valence-corrected chi connectivity index (χ1v) is 5.13. The van der Waals surface area contributed by atoms with Crippen molar-refractivity contribution in [2.45, 2.75) is 18.5 Å². The molecule has 1 aromatic carbocycles. The highest BCUT2D eigenvalue weighted by Gasteiger charge is 2.42. The van der Waals surface area contributed by atoms with Crippen LogP contribution in [0.4, 0.5) is 18.9 Å². The predicted molar refractivity (Wildman–Crippen MR) is 58.5 cm³/mol. The number of methoxy groups -OCH3 is 1. The van der Waals surface area contributed by atoms with Crippen molar-refractivity contribution in [1.29, 1.82) is 0 Å². The van der Waals surface area contributed by atoms with Crippen LogP contribution in [0.15, 0.2) is 24.3 Å². The molecule has 0 aliphatic rings. The van der Waals surface area contributed by atoms with E-state index in [1.165, 1.54) is 0 Å². The maximum atomic E-state index is 12.8. The zero-order chi connectivity index (χ0) is 14.6. The molecule has 5 nitrogen and oxygen atoms in total. The second kappa shape index (κ2) is 5.68. The minimum Gasteiger partial charge on any atom is -0.469 e.